The van der Waals surface area contributed by atoms with E-state index in [0.29, 0.717) is 12.8 Å². The summed E-state index contributed by atoms with van der Waals surface area (Å²) in [4.78, 5) is 25.4. The van der Waals surface area contributed by atoms with Gasteiger partial charge in [-0.3, -0.25) is 14.1 Å². The van der Waals surface area contributed by atoms with Gasteiger partial charge in [-0.1, -0.05) is 147 Å². The minimum Gasteiger partial charge on any atom is -0.462 e. The molecule has 0 aliphatic carbocycles. The Morgan fingerprint density at radius 1 is 0.567 bits per heavy atom. The fraction of sp³-hybridized carbons (Fsp3) is 0.830. The first-order valence-corrected chi connectivity index (χ1v) is 25.2. The number of ether oxygens (including phenoxy) is 4. The van der Waals surface area contributed by atoms with Gasteiger partial charge in [0, 0.05) is 12.8 Å². The number of allylic oxidation sites excluding steroid dienone is 6. The molecule has 1 fully saturated rings. The SMILES string of the molecule is CCCCC/C=C\C/C=C\CCCCCCCCCC(=O)OC(COC(=O)CCCCCCC/C=C\CCCCCCCC)COC1OC(CS(=O)(=O)O)C(O)C(O)C1O. The van der Waals surface area contributed by atoms with Crippen LogP contribution in [0.1, 0.15) is 194 Å². The molecule has 0 amide bonds. The summed E-state index contributed by atoms with van der Waals surface area (Å²) in [6.07, 6.45) is 33.2. The Bertz CT molecular complexity index is 1250. The standard InChI is InChI=1S/C47H84O12S/c1-3-5-7-9-11-13-15-17-19-20-22-24-26-28-30-32-34-36-43(49)58-40(38-57-47-46(52)45(51)44(50)41(59-47)39-60(53,54)55)37-56-42(48)35-33-31-29-27-25-23-21-18-16-14-12-10-8-6-4-2/h11,13,17-19,21,40-41,44-47,50-52H,3-10,12,14-16,20,22-39H2,1-2H3,(H,53,54,55)/b13-11-,19-17-,21-18-. The highest BCUT2D eigenvalue weighted by Crippen LogP contribution is 2.24. The predicted molar refractivity (Wildman–Crippen MR) is 238 cm³/mol. The van der Waals surface area contributed by atoms with Crippen molar-refractivity contribution in [2.45, 2.75) is 230 Å². The zero-order valence-electron chi connectivity index (χ0n) is 37.3. The molecule has 1 aliphatic rings. The lowest BCUT2D eigenvalue weighted by Gasteiger charge is -2.40. The molecule has 13 heteroatoms. The second kappa shape index (κ2) is 37.4. The van der Waals surface area contributed by atoms with Gasteiger partial charge in [0.1, 0.15) is 36.8 Å². The summed E-state index contributed by atoms with van der Waals surface area (Å²) in [6.45, 7) is 3.72. The van der Waals surface area contributed by atoms with Gasteiger partial charge in [-0.25, -0.2) is 0 Å². The van der Waals surface area contributed by atoms with E-state index in [1.807, 2.05) is 0 Å². The van der Waals surface area contributed by atoms with Crippen LogP contribution in [0.15, 0.2) is 36.5 Å². The third kappa shape index (κ3) is 31.7. The fourth-order valence-electron chi connectivity index (χ4n) is 7.00. The summed E-state index contributed by atoms with van der Waals surface area (Å²) in [7, 11) is -4.60. The summed E-state index contributed by atoms with van der Waals surface area (Å²) < 4.78 is 54.1. The molecule has 0 saturated carbocycles. The van der Waals surface area contributed by atoms with E-state index in [0.717, 1.165) is 83.5 Å². The van der Waals surface area contributed by atoms with E-state index in [9.17, 15) is 37.9 Å². The van der Waals surface area contributed by atoms with Gasteiger partial charge in [0.25, 0.3) is 10.1 Å². The van der Waals surface area contributed by atoms with Crippen LogP contribution in [-0.2, 0) is 38.7 Å². The molecule has 12 nitrogen and oxygen atoms in total. The Kier molecular flexibility index (Phi) is 34.9. The van der Waals surface area contributed by atoms with Crippen molar-refractivity contribution in [2.24, 2.45) is 0 Å². The highest BCUT2D eigenvalue weighted by molar-refractivity contribution is 7.85. The molecule has 0 radical (unpaired) electrons. The number of hydrogen-bond acceptors (Lipinski definition) is 11. The van der Waals surface area contributed by atoms with Crippen molar-refractivity contribution in [1.29, 1.82) is 0 Å². The van der Waals surface area contributed by atoms with Crippen LogP contribution >= 0.6 is 0 Å². The number of carbonyl (C=O) groups excluding carboxylic acids is 2. The molecule has 0 aromatic carbocycles. The van der Waals surface area contributed by atoms with Crippen molar-refractivity contribution < 1.29 is 56.8 Å². The monoisotopic (exact) mass is 873 g/mol. The van der Waals surface area contributed by atoms with E-state index in [4.69, 9.17) is 18.9 Å². The molecule has 0 aromatic rings. The molecule has 1 heterocycles. The molecular weight excluding hydrogens is 789 g/mol. The normalized spacial score (nSPS) is 20.4. The van der Waals surface area contributed by atoms with E-state index >= 15 is 0 Å². The van der Waals surface area contributed by atoms with Gasteiger partial charge in [-0.15, -0.1) is 0 Å². The van der Waals surface area contributed by atoms with Gasteiger partial charge < -0.3 is 34.3 Å². The number of aliphatic hydroxyl groups excluding tert-OH is 3. The zero-order valence-corrected chi connectivity index (χ0v) is 38.1. The minimum absolute atomic E-state index is 0.154. The van der Waals surface area contributed by atoms with Crippen molar-refractivity contribution in [1.82, 2.24) is 0 Å². The Morgan fingerprint density at radius 3 is 1.52 bits per heavy atom. The minimum atomic E-state index is -4.60. The number of hydrogen-bond donors (Lipinski definition) is 4. The Hall–Kier alpha value is -2.13. The first-order valence-electron chi connectivity index (χ1n) is 23.5. The van der Waals surface area contributed by atoms with Crippen molar-refractivity contribution in [3.63, 3.8) is 0 Å². The number of rotatable bonds is 39. The molecule has 4 N–H and O–H groups in total. The van der Waals surface area contributed by atoms with E-state index in [2.05, 4.69) is 50.3 Å². The number of unbranched alkanes of at least 4 members (excludes halogenated alkanes) is 21. The van der Waals surface area contributed by atoms with Crippen LogP contribution in [0.2, 0.25) is 0 Å². The van der Waals surface area contributed by atoms with Crippen LogP contribution in [-0.4, -0.2) is 96.0 Å². The topological polar surface area (TPSA) is 186 Å². The first kappa shape index (κ1) is 55.9. The highest BCUT2D eigenvalue weighted by atomic mass is 32.2. The van der Waals surface area contributed by atoms with Gasteiger partial charge in [-0.2, -0.15) is 8.42 Å². The summed E-state index contributed by atoms with van der Waals surface area (Å²) in [5.41, 5.74) is 0. The van der Waals surface area contributed by atoms with E-state index in [-0.39, 0.29) is 19.4 Å². The molecule has 6 unspecified atom stereocenters. The molecule has 0 aromatic heterocycles. The maximum atomic E-state index is 12.8. The van der Waals surface area contributed by atoms with Crippen molar-refractivity contribution >= 4 is 22.1 Å². The lowest BCUT2D eigenvalue weighted by molar-refractivity contribution is -0.297. The van der Waals surface area contributed by atoms with Crippen LogP contribution in [0, 0.1) is 0 Å². The van der Waals surface area contributed by atoms with E-state index in [1.54, 1.807) is 0 Å². The third-order valence-corrected chi connectivity index (χ3v) is 11.4. The van der Waals surface area contributed by atoms with Crippen LogP contribution in [0.3, 0.4) is 0 Å². The molecule has 0 spiro atoms. The van der Waals surface area contributed by atoms with Gasteiger partial charge in [0.2, 0.25) is 0 Å². The van der Waals surface area contributed by atoms with Gasteiger partial charge in [-0.05, 0) is 70.6 Å². The Morgan fingerprint density at radius 2 is 1.00 bits per heavy atom. The maximum Gasteiger partial charge on any atom is 0.306 e. The first-order chi connectivity index (χ1) is 29.0. The lowest BCUT2D eigenvalue weighted by Crippen LogP contribution is -2.60. The lowest BCUT2D eigenvalue weighted by atomic mass is 10.00. The molecule has 6 atom stereocenters. The highest BCUT2D eigenvalue weighted by Gasteiger charge is 2.46. The van der Waals surface area contributed by atoms with E-state index in [1.165, 1.54) is 70.6 Å². The molecule has 0 bridgehead atoms. The number of esters is 2. The third-order valence-electron chi connectivity index (χ3n) is 10.7. The van der Waals surface area contributed by atoms with Crippen LogP contribution in [0.4, 0.5) is 0 Å². The molecule has 350 valence electrons. The van der Waals surface area contributed by atoms with Gasteiger partial charge in [0.15, 0.2) is 12.4 Å². The largest absolute Gasteiger partial charge is 0.462 e. The summed E-state index contributed by atoms with van der Waals surface area (Å²) in [5, 5.41) is 30.9. The van der Waals surface area contributed by atoms with Crippen molar-refractivity contribution in [3.05, 3.63) is 36.5 Å². The number of carbonyl (C=O) groups is 2. The molecule has 1 saturated heterocycles. The van der Waals surface area contributed by atoms with Gasteiger partial charge >= 0.3 is 11.9 Å². The van der Waals surface area contributed by atoms with Crippen molar-refractivity contribution in [2.75, 3.05) is 19.0 Å². The van der Waals surface area contributed by atoms with Crippen LogP contribution in [0.25, 0.3) is 0 Å². The van der Waals surface area contributed by atoms with Crippen molar-refractivity contribution in [3.8, 4) is 0 Å². The average Bonchev–Trinajstić information content (AvgIpc) is 3.21. The Balaban J connectivity index is 2.44. The second-order valence-electron chi connectivity index (χ2n) is 16.4. The fourth-order valence-corrected chi connectivity index (χ4v) is 7.69. The average molecular weight is 873 g/mol. The quantitative estimate of drug-likeness (QED) is 0.0199. The van der Waals surface area contributed by atoms with E-state index < -0.39 is 71.2 Å². The predicted octanol–water partition coefficient (Wildman–Crippen LogP) is 9.78. The summed E-state index contributed by atoms with van der Waals surface area (Å²) in [5.74, 6) is -2.00. The molecule has 1 aliphatic heterocycles. The van der Waals surface area contributed by atoms with Crippen LogP contribution in [0.5, 0.6) is 0 Å². The maximum absolute atomic E-state index is 12.8. The molecular formula is C47H84O12S. The zero-order chi connectivity index (χ0) is 44.1. The smallest absolute Gasteiger partial charge is 0.306 e. The molecule has 1 rings (SSSR count). The van der Waals surface area contributed by atoms with Crippen LogP contribution < -0.4 is 0 Å². The molecule has 60 heavy (non-hydrogen) atoms. The Labute approximate surface area is 363 Å². The second-order valence-corrected chi connectivity index (χ2v) is 17.9. The summed E-state index contributed by atoms with van der Waals surface area (Å²) in [6, 6.07) is 0. The number of aliphatic hydroxyl groups is 3. The van der Waals surface area contributed by atoms with Gasteiger partial charge in [0.05, 0.1) is 6.61 Å². The summed E-state index contributed by atoms with van der Waals surface area (Å²) >= 11 is 0.